The van der Waals surface area contributed by atoms with Crippen molar-refractivity contribution in [1.29, 1.82) is 0 Å². The van der Waals surface area contributed by atoms with Gasteiger partial charge in [0, 0.05) is 12.6 Å². The Morgan fingerprint density at radius 2 is 1.15 bits per heavy atom. The molecule has 5 rings (SSSR count). The Morgan fingerprint density at radius 3 is 1.56 bits per heavy atom. The second-order valence-corrected chi connectivity index (χ2v) is 9.50. The summed E-state index contributed by atoms with van der Waals surface area (Å²) in [6.07, 6.45) is -0.901. The Bertz CT molecular complexity index is 1300. The number of ether oxygens (including phenoxy) is 4. The zero-order chi connectivity index (χ0) is 28.4. The highest BCUT2D eigenvalue weighted by molar-refractivity contribution is 6.13. The summed E-state index contributed by atoms with van der Waals surface area (Å²) in [7, 11) is 6.76. The fraction of sp³-hybridized carbons (Fsp3) is 0.429. The van der Waals surface area contributed by atoms with Gasteiger partial charge in [-0.3, -0.25) is 4.90 Å². The van der Waals surface area contributed by atoms with E-state index in [0.29, 0.717) is 6.04 Å². The van der Waals surface area contributed by atoms with Crippen LogP contribution in [0, 0.1) is 0 Å². The number of hydrogen-bond acceptors (Lipinski definition) is 9. The lowest BCUT2D eigenvalue weighted by atomic mass is 9.85. The molecule has 0 saturated carbocycles. The molecule has 3 atom stereocenters. The van der Waals surface area contributed by atoms with Gasteiger partial charge in [0.1, 0.15) is 0 Å². The average molecular weight is 544 g/mol. The van der Waals surface area contributed by atoms with Gasteiger partial charge in [0.05, 0.1) is 28.4 Å². The Hall–Kier alpha value is -3.80. The normalized spacial score (nSPS) is 17.8. The number of benzene rings is 3. The SMILES string of the molecule is COc1cc2c3c(c4cc(OC)c(OC)cc4c2cc1OC)CN1CCCC1C3.O=C(O)C(O)C(O)C(=O)O. The fourth-order valence-electron chi connectivity index (χ4n) is 5.49. The van der Waals surface area contributed by atoms with Crippen LogP contribution >= 0.6 is 0 Å². The van der Waals surface area contributed by atoms with E-state index in [1.807, 2.05) is 0 Å². The molecule has 2 heterocycles. The van der Waals surface area contributed by atoms with Crippen LogP contribution in [0.4, 0.5) is 0 Å². The lowest BCUT2D eigenvalue weighted by Gasteiger charge is -2.33. The number of carbonyl (C=O) groups is 2. The zero-order valence-electron chi connectivity index (χ0n) is 22.3. The van der Waals surface area contributed by atoms with Gasteiger partial charge in [-0.2, -0.15) is 0 Å². The molecular formula is C28H33NO10. The van der Waals surface area contributed by atoms with Crippen molar-refractivity contribution in [2.75, 3.05) is 35.0 Å². The summed E-state index contributed by atoms with van der Waals surface area (Å²) < 4.78 is 22.5. The maximum atomic E-state index is 9.77. The number of aliphatic carboxylic acids is 2. The minimum atomic E-state index is -2.27. The van der Waals surface area contributed by atoms with Crippen molar-refractivity contribution in [2.24, 2.45) is 0 Å². The first-order chi connectivity index (χ1) is 18.6. The average Bonchev–Trinajstić information content (AvgIpc) is 3.41. The topological polar surface area (TPSA) is 155 Å². The largest absolute Gasteiger partial charge is 0.493 e. The van der Waals surface area contributed by atoms with Crippen LogP contribution in [0.5, 0.6) is 23.0 Å². The maximum absolute atomic E-state index is 9.77. The van der Waals surface area contributed by atoms with E-state index in [4.69, 9.17) is 39.4 Å². The van der Waals surface area contributed by atoms with E-state index in [9.17, 15) is 9.59 Å². The number of fused-ring (bicyclic) bond motifs is 7. The molecule has 3 unspecified atom stereocenters. The van der Waals surface area contributed by atoms with E-state index >= 15 is 0 Å². The molecule has 11 nitrogen and oxygen atoms in total. The van der Waals surface area contributed by atoms with Crippen molar-refractivity contribution in [3.8, 4) is 23.0 Å². The van der Waals surface area contributed by atoms with E-state index in [1.165, 1.54) is 46.7 Å². The monoisotopic (exact) mass is 543 g/mol. The number of aliphatic hydroxyl groups is 2. The van der Waals surface area contributed by atoms with Crippen LogP contribution in [-0.4, -0.2) is 90.5 Å². The molecule has 3 aromatic rings. The molecule has 11 heteroatoms. The number of aliphatic hydroxyl groups excluding tert-OH is 2. The van der Waals surface area contributed by atoms with Crippen LogP contribution in [0.15, 0.2) is 24.3 Å². The van der Waals surface area contributed by atoms with Crippen molar-refractivity contribution in [2.45, 2.75) is 44.1 Å². The van der Waals surface area contributed by atoms with Gasteiger partial charge in [-0.25, -0.2) is 9.59 Å². The first-order valence-corrected chi connectivity index (χ1v) is 12.5. The fourth-order valence-corrected chi connectivity index (χ4v) is 5.49. The van der Waals surface area contributed by atoms with Crippen LogP contribution in [0.2, 0.25) is 0 Å². The summed E-state index contributed by atoms with van der Waals surface area (Å²) in [5.41, 5.74) is 2.84. The molecule has 4 N–H and O–H groups in total. The van der Waals surface area contributed by atoms with Crippen molar-refractivity contribution in [3.63, 3.8) is 0 Å². The van der Waals surface area contributed by atoms with Crippen molar-refractivity contribution in [3.05, 3.63) is 35.4 Å². The van der Waals surface area contributed by atoms with E-state index < -0.39 is 24.1 Å². The van der Waals surface area contributed by atoms with Gasteiger partial charge in [-0.15, -0.1) is 0 Å². The molecule has 1 saturated heterocycles. The van der Waals surface area contributed by atoms with Crippen molar-refractivity contribution in [1.82, 2.24) is 4.90 Å². The van der Waals surface area contributed by atoms with Crippen LogP contribution in [-0.2, 0) is 22.6 Å². The molecule has 0 aliphatic carbocycles. The third-order valence-corrected chi connectivity index (χ3v) is 7.46. The van der Waals surface area contributed by atoms with Gasteiger partial charge >= 0.3 is 11.9 Å². The summed E-state index contributed by atoms with van der Waals surface area (Å²) in [4.78, 5) is 22.2. The lowest BCUT2D eigenvalue weighted by Crippen LogP contribution is -2.39. The van der Waals surface area contributed by atoms with Gasteiger partial charge in [0.2, 0.25) is 0 Å². The third-order valence-electron chi connectivity index (χ3n) is 7.46. The first-order valence-electron chi connectivity index (χ1n) is 12.5. The number of methoxy groups -OCH3 is 4. The number of carboxylic acid groups (broad SMARTS) is 2. The summed E-state index contributed by atoms with van der Waals surface area (Å²) >= 11 is 0. The van der Waals surface area contributed by atoms with Crippen LogP contribution in [0.1, 0.15) is 24.0 Å². The number of carboxylic acids is 2. The minimum Gasteiger partial charge on any atom is -0.493 e. The standard InChI is InChI=1S/C24H27NO4.C4H6O6/c1-26-21-9-16-15-8-14-6-5-7-25(14)13-20(15)19-12-24(29-4)23(28-3)11-18(19)17(16)10-22(21)27-2;5-1(3(7)8)2(6)4(9)10/h9-12,14H,5-8,13H2,1-4H3;1-2,5-6H,(H,7,8)(H,9,10). The highest BCUT2D eigenvalue weighted by Crippen LogP contribution is 2.46. The van der Waals surface area contributed by atoms with E-state index in [1.54, 1.807) is 28.4 Å². The number of hydrogen-bond donors (Lipinski definition) is 4. The first kappa shape index (κ1) is 28.2. The summed E-state index contributed by atoms with van der Waals surface area (Å²) in [6.45, 7) is 2.17. The highest BCUT2D eigenvalue weighted by atomic mass is 16.5. The summed E-state index contributed by atoms with van der Waals surface area (Å²) in [6, 6.07) is 9.12. The predicted octanol–water partition coefficient (Wildman–Crippen LogP) is 2.43. The molecule has 0 bridgehead atoms. The molecule has 39 heavy (non-hydrogen) atoms. The van der Waals surface area contributed by atoms with Crippen LogP contribution < -0.4 is 18.9 Å². The quantitative estimate of drug-likeness (QED) is 0.325. The van der Waals surface area contributed by atoms with E-state index in [-0.39, 0.29) is 0 Å². The Balaban J connectivity index is 0.000000303. The molecule has 0 radical (unpaired) electrons. The molecule has 1 fully saturated rings. The van der Waals surface area contributed by atoms with Crippen molar-refractivity contribution < 1.29 is 49.0 Å². The van der Waals surface area contributed by atoms with Gasteiger partial charge in [0.25, 0.3) is 0 Å². The molecule has 0 aromatic heterocycles. The highest BCUT2D eigenvalue weighted by Gasteiger charge is 2.33. The maximum Gasteiger partial charge on any atom is 0.335 e. The van der Waals surface area contributed by atoms with Gasteiger partial charge in [-0.1, -0.05) is 0 Å². The molecule has 0 amide bonds. The van der Waals surface area contributed by atoms with E-state index in [0.717, 1.165) is 41.3 Å². The molecule has 3 aromatic carbocycles. The third kappa shape index (κ3) is 5.25. The molecule has 2 aliphatic heterocycles. The Morgan fingerprint density at radius 1 is 0.744 bits per heavy atom. The van der Waals surface area contributed by atoms with Gasteiger partial charge < -0.3 is 39.4 Å². The molecular weight excluding hydrogens is 510 g/mol. The van der Waals surface area contributed by atoms with Crippen LogP contribution in [0.25, 0.3) is 21.5 Å². The van der Waals surface area contributed by atoms with Crippen molar-refractivity contribution >= 4 is 33.5 Å². The van der Waals surface area contributed by atoms with E-state index in [2.05, 4.69) is 29.2 Å². The summed E-state index contributed by atoms with van der Waals surface area (Å²) in [5.74, 6) is -0.508. The zero-order valence-corrected chi connectivity index (χ0v) is 22.3. The van der Waals surface area contributed by atoms with Gasteiger partial charge in [-0.05, 0) is 82.7 Å². The molecule has 210 valence electrons. The van der Waals surface area contributed by atoms with Gasteiger partial charge in [0.15, 0.2) is 35.2 Å². The number of nitrogens with zero attached hydrogens (tertiary/aromatic N) is 1. The number of rotatable bonds is 7. The Labute approximate surface area is 225 Å². The predicted molar refractivity (Wildman–Crippen MR) is 142 cm³/mol. The summed E-state index contributed by atoms with van der Waals surface area (Å²) in [5, 5.41) is 37.4. The lowest BCUT2D eigenvalue weighted by molar-refractivity contribution is -0.165. The second kappa shape index (κ2) is 11.5. The molecule has 0 spiro atoms. The van der Waals surface area contributed by atoms with Crippen LogP contribution in [0.3, 0.4) is 0 Å². The minimum absolute atomic E-state index is 0.636. The second-order valence-electron chi connectivity index (χ2n) is 9.50. The Kier molecular flexibility index (Phi) is 8.34. The molecule has 2 aliphatic rings. The smallest absolute Gasteiger partial charge is 0.335 e.